The van der Waals surface area contributed by atoms with Gasteiger partial charge in [-0.05, 0) is 69.2 Å². The molecule has 0 heterocycles. The Labute approximate surface area is 290 Å². The maximum Gasteiger partial charge on any atom is 0.408 e. The van der Waals surface area contributed by atoms with Crippen molar-refractivity contribution in [3.05, 3.63) is 107 Å². The SMILES string of the molecule is COc1cc(/C=N/[S@@](=O)c2ccc(C)cc2)c(-c2cc([C@H](COC(=O)C(C)(C)C)NC(=O)OCc3ccccc3)ccc2OC)c(OC)c1. The summed E-state index contributed by atoms with van der Waals surface area (Å²) in [5, 5.41) is 2.85. The zero-order valence-electron chi connectivity index (χ0n) is 28.8. The summed E-state index contributed by atoms with van der Waals surface area (Å²) in [6, 6.07) is 24.6. The number of hydrogen-bond acceptors (Lipinski definition) is 8. The number of carbonyl (C=O) groups excluding carboxylic acids is 2. The van der Waals surface area contributed by atoms with Gasteiger partial charge < -0.3 is 29.0 Å². The van der Waals surface area contributed by atoms with Gasteiger partial charge in [-0.1, -0.05) is 54.1 Å². The molecule has 49 heavy (non-hydrogen) atoms. The number of benzene rings is 4. The van der Waals surface area contributed by atoms with Gasteiger partial charge in [-0.2, -0.15) is 4.40 Å². The molecule has 0 saturated carbocycles. The predicted molar refractivity (Wildman–Crippen MR) is 190 cm³/mol. The van der Waals surface area contributed by atoms with Crippen molar-refractivity contribution >= 4 is 29.3 Å². The topological polar surface area (TPSA) is 122 Å². The zero-order chi connectivity index (χ0) is 35.6. The highest BCUT2D eigenvalue weighted by atomic mass is 32.2. The molecule has 4 rings (SSSR count). The van der Waals surface area contributed by atoms with Gasteiger partial charge in [0, 0.05) is 29.0 Å². The van der Waals surface area contributed by atoms with Crippen molar-refractivity contribution in [2.75, 3.05) is 27.9 Å². The fourth-order valence-electron chi connectivity index (χ4n) is 4.74. The lowest BCUT2D eigenvalue weighted by Crippen LogP contribution is -2.34. The van der Waals surface area contributed by atoms with Crippen molar-refractivity contribution in [1.29, 1.82) is 0 Å². The maximum absolute atomic E-state index is 13.1. The highest BCUT2D eigenvalue weighted by molar-refractivity contribution is 7.83. The Bertz CT molecular complexity index is 1800. The van der Waals surface area contributed by atoms with E-state index in [1.807, 2.05) is 55.5 Å². The number of rotatable bonds is 13. The first-order valence-electron chi connectivity index (χ1n) is 15.5. The summed E-state index contributed by atoms with van der Waals surface area (Å²) < 4.78 is 45.8. The molecule has 4 aromatic carbocycles. The number of ether oxygens (including phenoxy) is 5. The summed E-state index contributed by atoms with van der Waals surface area (Å²) in [5.74, 6) is 0.984. The number of amides is 1. The van der Waals surface area contributed by atoms with Crippen LogP contribution in [0.15, 0.2) is 94.2 Å². The van der Waals surface area contributed by atoms with Gasteiger partial charge in [0.05, 0.1) is 37.7 Å². The molecule has 0 spiro atoms. The van der Waals surface area contributed by atoms with Gasteiger partial charge in [0.25, 0.3) is 0 Å². The van der Waals surface area contributed by atoms with E-state index in [9.17, 15) is 13.8 Å². The Hall–Kier alpha value is -5.16. The number of nitrogens with zero attached hydrogens (tertiary/aromatic N) is 1. The van der Waals surface area contributed by atoms with E-state index in [4.69, 9.17) is 23.7 Å². The zero-order valence-corrected chi connectivity index (χ0v) is 29.6. The number of aryl methyl sites for hydroxylation is 1. The summed E-state index contributed by atoms with van der Waals surface area (Å²) in [6.07, 6.45) is 0.816. The van der Waals surface area contributed by atoms with E-state index in [1.165, 1.54) is 27.5 Å². The van der Waals surface area contributed by atoms with E-state index in [0.29, 0.717) is 44.4 Å². The highest BCUT2D eigenvalue weighted by Crippen LogP contribution is 2.42. The first-order valence-corrected chi connectivity index (χ1v) is 16.7. The molecule has 0 radical (unpaired) electrons. The molecule has 0 saturated heterocycles. The highest BCUT2D eigenvalue weighted by Gasteiger charge is 2.27. The van der Waals surface area contributed by atoms with Crippen LogP contribution in [0.2, 0.25) is 0 Å². The van der Waals surface area contributed by atoms with Crippen LogP contribution in [-0.2, 0) is 31.9 Å². The van der Waals surface area contributed by atoms with Gasteiger partial charge >= 0.3 is 12.1 Å². The Morgan fingerprint density at radius 1 is 0.857 bits per heavy atom. The van der Waals surface area contributed by atoms with E-state index in [-0.39, 0.29) is 13.2 Å². The Morgan fingerprint density at radius 3 is 2.18 bits per heavy atom. The summed E-state index contributed by atoms with van der Waals surface area (Å²) in [5.41, 5.74) is 3.40. The van der Waals surface area contributed by atoms with Gasteiger partial charge in [0.2, 0.25) is 0 Å². The average Bonchev–Trinajstić information content (AvgIpc) is 3.10. The van der Waals surface area contributed by atoms with Crippen LogP contribution in [0.1, 0.15) is 49.1 Å². The van der Waals surface area contributed by atoms with Crippen molar-refractivity contribution in [3.8, 4) is 28.4 Å². The van der Waals surface area contributed by atoms with Crippen LogP contribution in [0.25, 0.3) is 11.1 Å². The fraction of sp³-hybridized carbons (Fsp3) is 0.289. The molecule has 1 amide bonds. The van der Waals surface area contributed by atoms with Crippen molar-refractivity contribution in [2.45, 2.75) is 45.2 Å². The van der Waals surface area contributed by atoms with Crippen LogP contribution in [-0.4, -0.2) is 50.4 Å². The third-order valence-corrected chi connectivity index (χ3v) is 8.44. The number of carbonyl (C=O) groups is 2. The molecule has 0 fully saturated rings. The molecule has 2 atom stereocenters. The molecule has 0 aromatic heterocycles. The number of methoxy groups -OCH3 is 3. The minimum absolute atomic E-state index is 0.0603. The summed E-state index contributed by atoms with van der Waals surface area (Å²) in [6.45, 7) is 7.11. The van der Waals surface area contributed by atoms with E-state index in [0.717, 1.165) is 11.1 Å². The van der Waals surface area contributed by atoms with Crippen LogP contribution in [0, 0.1) is 12.3 Å². The first-order chi connectivity index (χ1) is 23.4. The van der Waals surface area contributed by atoms with Crippen molar-refractivity contribution < 1.29 is 37.5 Å². The largest absolute Gasteiger partial charge is 0.497 e. The molecule has 0 aliphatic carbocycles. The Kier molecular flexibility index (Phi) is 12.6. The number of hydrogen-bond donors (Lipinski definition) is 1. The molecule has 10 nitrogen and oxygen atoms in total. The second-order valence-corrected chi connectivity index (χ2v) is 13.3. The van der Waals surface area contributed by atoms with Crippen LogP contribution in [0.3, 0.4) is 0 Å². The van der Waals surface area contributed by atoms with Gasteiger partial charge in [0.15, 0.2) is 11.0 Å². The third-order valence-electron chi connectivity index (χ3n) is 7.47. The summed E-state index contributed by atoms with van der Waals surface area (Å²) >= 11 is 0. The van der Waals surface area contributed by atoms with Crippen LogP contribution in [0.5, 0.6) is 17.2 Å². The number of esters is 1. The van der Waals surface area contributed by atoms with E-state index in [2.05, 4.69) is 9.71 Å². The Morgan fingerprint density at radius 2 is 1.55 bits per heavy atom. The first kappa shape index (κ1) is 36.7. The molecule has 4 aromatic rings. The molecule has 1 N–H and O–H groups in total. The smallest absolute Gasteiger partial charge is 0.408 e. The van der Waals surface area contributed by atoms with Gasteiger partial charge in [-0.3, -0.25) is 4.79 Å². The monoisotopic (exact) mass is 686 g/mol. The van der Waals surface area contributed by atoms with Crippen molar-refractivity contribution in [1.82, 2.24) is 5.32 Å². The molecule has 258 valence electrons. The standard InChI is InChI=1S/C38H42N2O8S/c1-25-13-16-30(17-14-25)49(43)39-22-28-19-29(44-5)21-34(46-7)35(28)31-20-27(15-18-33(31)45-6)32(24-47-36(41)38(2,3)4)40-37(42)48-23-26-11-9-8-10-12-26/h8-22,32H,23-24H2,1-7H3,(H,40,42)/b39-22+/t32-,49-/m0/s1. The van der Waals surface area contributed by atoms with Crippen molar-refractivity contribution in [3.63, 3.8) is 0 Å². The minimum Gasteiger partial charge on any atom is -0.497 e. The van der Waals surface area contributed by atoms with Crippen LogP contribution >= 0.6 is 0 Å². The van der Waals surface area contributed by atoms with Gasteiger partial charge in [-0.15, -0.1) is 0 Å². The lowest BCUT2D eigenvalue weighted by Gasteiger charge is -2.24. The molecule has 0 aliphatic rings. The molecule has 0 unspecified atom stereocenters. The van der Waals surface area contributed by atoms with E-state index in [1.54, 1.807) is 57.2 Å². The predicted octanol–water partition coefficient (Wildman–Crippen LogP) is 7.39. The maximum atomic E-state index is 13.1. The van der Waals surface area contributed by atoms with E-state index < -0.39 is 34.5 Å². The third kappa shape index (κ3) is 9.93. The molecule has 0 aliphatic heterocycles. The summed E-state index contributed by atoms with van der Waals surface area (Å²) in [7, 11) is 2.92. The molecular weight excluding hydrogens is 644 g/mol. The average molecular weight is 687 g/mol. The van der Waals surface area contributed by atoms with Gasteiger partial charge in [-0.25, -0.2) is 9.00 Å². The van der Waals surface area contributed by atoms with Crippen molar-refractivity contribution in [2.24, 2.45) is 9.81 Å². The molecular formula is C38H42N2O8S. The lowest BCUT2D eigenvalue weighted by atomic mass is 9.94. The van der Waals surface area contributed by atoms with Crippen LogP contribution in [0.4, 0.5) is 4.79 Å². The van der Waals surface area contributed by atoms with E-state index >= 15 is 0 Å². The Balaban J connectivity index is 1.76. The van der Waals surface area contributed by atoms with Gasteiger partial charge in [0.1, 0.15) is 30.5 Å². The molecule has 11 heteroatoms. The van der Waals surface area contributed by atoms with Crippen LogP contribution < -0.4 is 19.5 Å². The quantitative estimate of drug-likeness (QED) is 0.114. The minimum atomic E-state index is -1.68. The fourth-order valence-corrected chi connectivity index (χ4v) is 5.44. The second kappa shape index (κ2) is 16.8. The lowest BCUT2D eigenvalue weighted by molar-refractivity contribution is -0.153. The number of alkyl carbamates (subject to hydrolysis) is 1. The normalized spacial score (nSPS) is 12.6. The number of nitrogens with one attached hydrogen (secondary N) is 1. The summed E-state index contributed by atoms with van der Waals surface area (Å²) in [4.78, 5) is 26.4. The second-order valence-electron chi connectivity index (χ2n) is 12.2. The molecule has 0 bridgehead atoms.